The van der Waals surface area contributed by atoms with E-state index in [-0.39, 0.29) is 23.3 Å². The van der Waals surface area contributed by atoms with E-state index in [1.807, 2.05) is 12.1 Å². The van der Waals surface area contributed by atoms with E-state index in [1.165, 1.54) is 30.8 Å². The van der Waals surface area contributed by atoms with Gasteiger partial charge in [-0.25, -0.2) is 0 Å². The molecule has 0 fully saturated rings. The maximum Gasteiger partial charge on any atom is 0.271 e. The minimum Gasteiger partial charge on any atom is -0.326 e. The molecule has 2 rings (SSSR count). The number of anilines is 2. The highest BCUT2D eigenvalue weighted by atomic mass is 32.2. The van der Waals surface area contributed by atoms with Crippen LogP contribution in [0.15, 0.2) is 47.4 Å². The number of non-ortho nitro benzene ring substituents is 1. The quantitative estimate of drug-likeness (QED) is 0.466. The number of thioether (sulfide) groups is 1. The van der Waals surface area contributed by atoms with Gasteiger partial charge < -0.3 is 10.6 Å². The van der Waals surface area contributed by atoms with E-state index in [9.17, 15) is 19.7 Å². The predicted molar refractivity (Wildman–Crippen MR) is 97.9 cm³/mol. The number of hydrogen-bond donors (Lipinski definition) is 2. The van der Waals surface area contributed by atoms with Crippen LogP contribution in [0.2, 0.25) is 0 Å². The van der Waals surface area contributed by atoms with Gasteiger partial charge in [-0.3, -0.25) is 19.7 Å². The van der Waals surface area contributed by atoms with Crippen molar-refractivity contribution >= 4 is 40.6 Å². The topological polar surface area (TPSA) is 101 Å². The van der Waals surface area contributed by atoms with Gasteiger partial charge in [0.25, 0.3) is 5.69 Å². The fraction of sp³-hybridized carbons (Fsp3) is 0.176. The first-order chi connectivity index (χ1) is 11.8. The van der Waals surface area contributed by atoms with Crippen molar-refractivity contribution < 1.29 is 14.5 Å². The predicted octanol–water partition coefficient (Wildman–Crippen LogP) is 3.59. The third kappa shape index (κ3) is 5.61. The number of nitrogens with zero attached hydrogens (tertiary/aromatic N) is 1. The second-order valence-corrected chi connectivity index (χ2v) is 6.35. The van der Waals surface area contributed by atoms with Gasteiger partial charge in [0.05, 0.1) is 16.4 Å². The maximum atomic E-state index is 12.1. The highest BCUT2D eigenvalue weighted by molar-refractivity contribution is 8.00. The molecule has 7 nitrogen and oxygen atoms in total. The molecule has 8 heteroatoms. The summed E-state index contributed by atoms with van der Waals surface area (Å²) in [5.41, 5.74) is 1.81. The lowest BCUT2D eigenvalue weighted by molar-refractivity contribution is -0.384. The molecule has 0 bridgehead atoms. The Balaban J connectivity index is 1.93. The van der Waals surface area contributed by atoms with Crippen LogP contribution < -0.4 is 10.6 Å². The van der Waals surface area contributed by atoms with Gasteiger partial charge in [-0.15, -0.1) is 11.8 Å². The number of nitrogens with one attached hydrogen (secondary N) is 2. The first kappa shape index (κ1) is 18.5. The fourth-order valence-corrected chi connectivity index (χ4v) is 2.73. The first-order valence-corrected chi connectivity index (χ1v) is 8.39. The van der Waals surface area contributed by atoms with E-state index in [4.69, 9.17) is 0 Å². The van der Waals surface area contributed by atoms with Crippen molar-refractivity contribution in [1.82, 2.24) is 0 Å². The molecule has 2 N–H and O–H groups in total. The maximum absolute atomic E-state index is 12.1. The van der Waals surface area contributed by atoms with Crippen LogP contribution in [0.25, 0.3) is 0 Å². The molecular formula is C17H17N3O4S. The standard InChI is InChI=1S/C17H17N3O4S/c1-11-3-6-14(20(23)24)9-16(11)19-17(22)10-25-15-7-4-13(5-8-15)18-12(2)21/h3-9H,10H2,1-2H3,(H,18,21)(H,19,22). The first-order valence-electron chi connectivity index (χ1n) is 7.40. The van der Waals surface area contributed by atoms with E-state index in [1.54, 1.807) is 25.1 Å². The van der Waals surface area contributed by atoms with Gasteiger partial charge in [-0.2, -0.15) is 0 Å². The molecule has 0 saturated carbocycles. The average molecular weight is 359 g/mol. The molecule has 0 radical (unpaired) electrons. The Morgan fingerprint density at radius 3 is 2.40 bits per heavy atom. The second-order valence-electron chi connectivity index (χ2n) is 5.30. The van der Waals surface area contributed by atoms with E-state index < -0.39 is 4.92 Å². The van der Waals surface area contributed by atoms with Crippen molar-refractivity contribution in [3.63, 3.8) is 0 Å². The fourth-order valence-electron chi connectivity index (χ4n) is 2.03. The van der Waals surface area contributed by atoms with Gasteiger partial charge in [-0.05, 0) is 36.8 Å². The lowest BCUT2D eigenvalue weighted by atomic mass is 10.2. The lowest BCUT2D eigenvalue weighted by Gasteiger charge is -2.08. The summed E-state index contributed by atoms with van der Waals surface area (Å²) in [6, 6.07) is 11.5. The molecule has 0 aliphatic rings. The Kier molecular flexibility index (Phi) is 6.13. The Morgan fingerprint density at radius 1 is 1.12 bits per heavy atom. The third-order valence-corrected chi connectivity index (χ3v) is 4.26. The number of aryl methyl sites for hydroxylation is 1. The number of hydrogen-bond acceptors (Lipinski definition) is 5. The molecule has 2 aromatic rings. The number of carbonyl (C=O) groups excluding carboxylic acids is 2. The smallest absolute Gasteiger partial charge is 0.271 e. The molecule has 0 unspecified atom stereocenters. The average Bonchev–Trinajstić information content (AvgIpc) is 2.55. The lowest BCUT2D eigenvalue weighted by Crippen LogP contribution is -2.15. The molecule has 0 heterocycles. The summed E-state index contributed by atoms with van der Waals surface area (Å²) < 4.78 is 0. The number of carbonyl (C=O) groups is 2. The summed E-state index contributed by atoms with van der Waals surface area (Å²) in [5, 5.41) is 16.2. The Hall–Kier alpha value is -2.87. The normalized spacial score (nSPS) is 10.2. The van der Waals surface area contributed by atoms with Gasteiger partial charge in [0.2, 0.25) is 11.8 Å². The Morgan fingerprint density at radius 2 is 1.80 bits per heavy atom. The summed E-state index contributed by atoms with van der Waals surface area (Å²) in [4.78, 5) is 34.2. The minimum absolute atomic E-state index is 0.0675. The third-order valence-electron chi connectivity index (χ3n) is 3.25. The van der Waals surface area contributed by atoms with E-state index in [0.29, 0.717) is 11.4 Å². The van der Waals surface area contributed by atoms with Gasteiger partial charge in [0, 0.05) is 29.6 Å². The molecule has 2 amide bonds. The zero-order valence-electron chi connectivity index (χ0n) is 13.7. The number of amides is 2. The van der Waals surface area contributed by atoms with Gasteiger partial charge in [0.1, 0.15) is 0 Å². The molecule has 2 aromatic carbocycles. The van der Waals surface area contributed by atoms with Crippen LogP contribution in [0.4, 0.5) is 17.1 Å². The zero-order chi connectivity index (χ0) is 18.4. The SMILES string of the molecule is CC(=O)Nc1ccc(SCC(=O)Nc2cc([N+](=O)[O-])ccc2C)cc1. The largest absolute Gasteiger partial charge is 0.326 e. The van der Waals surface area contributed by atoms with Crippen molar-refractivity contribution in [3.05, 3.63) is 58.1 Å². The highest BCUT2D eigenvalue weighted by Gasteiger charge is 2.11. The van der Waals surface area contributed by atoms with Crippen molar-refractivity contribution in [3.8, 4) is 0 Å². The minimum atomic E-state index is -0.500. The monoisotopic (exact) mass is 359 g/mol. The van der Waals surface area contributed by atoms with Gasteiger partial charge >= 0.3 is 0 Å². The molecular weight excluding hydrogens is 342 g/mol. The van der Waals surface area contributed by atoms with Gasteiger partial charge in [0.15, 0.2) is 0 Å². The van der Waals surface area contributed by atoms with Gasteiger partial charge in [-0.1, -0.05) is 6.07 Å². The van der Waals surface area contributed by atoms with Crippen LogP contribution in [0.1, 0.15) is 12.5 Å². The number of benzene rings is 2. The number of nitro groups is 1. The van der Waals surface area contributed by atoms with Crippen molar-refractivity contribution in [1.29, 1.82) is 0 Å². The summed E-state index contributed by atoms with van der Waals surface area (Å²) in [7, 11) is 0. The van der Waals surface area contributed by atoms with Crippen molar-refractivity contribution in [2.75, 3.05) is 16.4 Å². The summed E-state index contributed by atoms with van der Waals surface area (Å²) in [6.07, 6.45) is 0. The Labute approximate surface area is 149 Å². The molecule has 130 valence electrons. The van der Waals surface area contributed by atoms with Crippen molar-refractivity contribution in [2.24, 2.45) is 0 Å². The van der Waals surface area contributed by atoms with E-state index >= 15 is 0 Å². The molecule has 0 atom stereocenters. The summed E-state index contributed by atoms with van der Waals surface area (Å²) in [6.45, 7) is 3.20. The zero-order valence-corrected chi connectivity index (χ0v) is 14.6. The van der Waals surface area contributed by atoms with Crippen LogP contribution >= 0.6 is 11.8 Å². The molecule has 0 aliphatic carbocycles. The van der Waals surface area contributed by atoms with E-state index in [0.717, 1.165) is 10.5 Å². The van der Waals surface area contributed by atoms with Crippen LogP contribution in [0.3, 0.4) is 0 Å². The van der Waals surface area contributed by atoms with Crippen LogP contribution in [-0.2, 0) is 9.59 Å². The van der Waals surface area contributed by atoms with Crippen LogP contribution in [0, 0.1) is 17.0 Å². The molecule has 0 spiro atoms. The molecule has 0 aromatic heterocycles. The number of nitro benzene ring substituents is 1. The molecule has 25 heavy (non-hydrogen) atoms. The second kappa shape index (κ2) is 8.29. The molecule has 0 aliphatic heterocycles. The summed E-state index contributed by atoms with van der Waals surface area (Å²) in [5.74, 6) is -0.228. The highest BCUT2D eigenvalue weighted by Crippen LogP contribution is 2.24. The van der Waals surface area contributed by atoms with Crippen LogP contribution in [-0.4, -0.2) is 22.5 Å². The number of rotatable bonds is 6. The summed E-state index contributed by atoms with van der Waals surface area (Å²) >= 11 is 1.33. The van der Waals surface area contributed by atoms with Crippen LogP contribution in [0.5, 0.6) is 0 Å². The molecule has 0 saturated heterocycles. The van der Waals surface area contributed by atoms with Crippen molar-refractivity contribution in [2.45, 2.75) is 18.7 Å². The van der Waals surface area contributed by atoms with E-state index in [2.05, 4.69) is 10.6 Å². The Bertz CT molecular complexity index is 806.